The topological polar surface area (TPSA) is 30.2 Å². The van der Waals surface area contributed by atoms with E-state index in [9.17, 15) is 0 Å². The molecule has 6 heteroatoms. The second kappa shape index (κ2) is 5.07. The average Bonchev–Trinajstić information content (AvgIpc) is 2.93. The van der Waals surface area contributed by atoms with Gasteiger partial charge in [-0.15, -0.1) is 0 Å². The third-order valence-electron chi connectivity index (χ3n) is 2.83. The minimum absolute atomic E-state index is 0.639. The lowest BCUT2D eigenvalue weighted by Crippen LogP contribution is -2.15. The number of hydrogen-bond acceptors (Lipinski definition) is 4. The summed E-state index contributed by atoms with van der Waals surface area (Å²) in [5, 5.41) is 2.47. The van der Waals surface area contributed by atoms with Crippen molar-refractivity contribution in [3.05, 3.63) is 34.1 Å². The van der Waals surface area contributed by atoms with Gasteiger partial charge in [-0.2, -0.15) is 4.37 Å². The predicted octanol–water partition coefficient (Wildman–Crippen LogP) is 3.71. The Morgan fingerprint density at radius 1 is 1.44 bits per heavy atom. The van der Waals surface area contributed by atoms with Crippen LogP contribution < -0.4 is 4.80 Å². The number of benzene rings is 1. The second-order valence-electron chi connectivity index (χ2n) is 4.09. The summed E-state index contributed by atoms with van der Waals surface area (Å²) in [6.07, 6.45) is 1.17. The smallest absolute Gasteiger partial charge is 0.210 e. The van der Waals surface area contributed by atoms with Crippen molar-refractivity contribution in [3.63, 3.8) is 0 Å². The van der Waals surface area contributed by atoms with E-state index in [4.69, 9.17) is 11.6 Å². The summed E-state index contributed by atoms with van der Waals surface area (Å²) >= 11 is 9.17. The van der Waals surface area contributed by atoms with Crippen LogP contribution in [0.25, 0.3) is 0 Å². The molecule has 1 aliphatic heterocycles. The Morgan fingerprint density at radius 2 is 2.22 bits per heavy atom. The maximum atomic E-state index is 5.87. The molecule has 0 aliphatic carbocycles. The number of halogens is 1. The molecule has 0 bridgehead atoms. The van der Waals surface area contributed by atoms with Gasteiger partial charge in [-0.05, 0) is 30.7 Å². The lowest BCUT2D eigenvalue weighted by Gasteiger charge is -2.01. The molecule has 0 amide bonds. The summed E-state index contributed by atoms with van der Waals surface area (Å²) in [5.41, 5.74) is 0.920. The van der Waals surface area contributed by atoms with Crippen molar-refractivity contribution >= 4 is 40.6 Å². The molecule has 0 saturated carbocycles. The molecule has 3 rings (SSSR count). The van der Waals surface area contributed by atoms with Crippen LogP contribution in [-0.2, 0) is 6.54 Å². The van der Waals surface area contributed by atoms with Gasteiger partial charge in [-0.1, -0.05) is 30.3 Å². The summed E-state index contributed by atoms with van der Waals surface area (Å²) < 4.78 is 6.66. The SMILES string of the molecule is CCC1Cn2c(nsc2=Nc2ccc(Cl)cc2)S1. The first-order valence-electron chi connectivity index (χ1n) is 5.79. The summed E-state index contributed by atoms with van der Waals surface area (Å²) in [5.74, 6) is 0. The Morgan fingerprint density at radius 3 is 2.94 bits per heavy atom. The van der Waals surface area contributed by atoms with E-state index >= 15 is 0 Å². The third kappa shape index (κ3) is 2.35. The standard InChI is InChI=1S/C12H12ClN3S2/c1-2-10-7-16-11(18-15-12(16)17-10)14-9-5-3-8(13)4-6-9/h3-6,10H,2,7H2,1H3. The first-order valence-corrected chi connectivity index (χ1v) is 7.83. The summed E-state index contributed by atoms with van der Waals surface area (Å²) in [7, 11) is 0. The third-order valence-corrected chi connectivity index (χ3v) is 5.28. The van der Waals surface area contributed by atoms with E-state index in [1.807, 2.05) is 36.0 Å². The van der Waals surface area contributed by atoms with Crippen molar-refractivity contribution in [2.24, 2.45) is 4.99 Å². The molecule has 1 aromatic heterocycles. The molecule has 0 spiro atoms. The van der Waals surface area contributed by atoms with E-state index < -0.39 is 0 Å². The van der Waals surface area contributed by atoms with Gasteiger partial charge in [0.1, 0.15) is 0 Å². The molecule has 1 aliphatic rings. The maximum Gasteiger partial charge on any atom is 0.210 e. The van der Waals surface area contributed by atoms with Crippen LogP contribution in [0, 0.1) is 0 Å². The molecule has 18 heavy (non-hydrogen) atoms. The molecular formula is C12H12ClN3S2. The van der Waals surface area contributed by atoms with Gasteiger partial charge in [0.2, 0.25) is 4.80 Å². The lowest BCUT2D eigenvalue weighted by molar-refractivity contribution is 0.615. The zero-order chi connectivity index (χ0) is 12.5. The first kappa shape index (κ1) is 12.3. The zero-order valence-corrected chi connectivity index (χ0v) is 12.2. The molecule has 3 nitrogen and oxygen atoms in total. The average molecular weight is 298 g/mol. The van der Waals surface area contributed by atoms with Gasteiger partial charge < -0.3 is 0 Å². The lowest BCUT2D eigenvalue weighted by atomic mass is 10.3. The molecule has 2 aromatic rings. The van der Waals surface area contributed by atoms with E-state index in [1.54, 1.807) is 0 Å². The van der Waals surface area contributed by atoms with Crippen molar-refractivity contribution in [3.8, 4) is 0 Å². The Balaban J connectivity index is 1.97. The minimum Gasteiger partial charge on any atom is -0.294 e. The fourth-order valence-corrected chi connectivity index (χ4v) is 3.92. The number of nitrogens with zero attached hydrogens (tertiary/aromatic N) is 3. The molecule has 1 aromatic carbocycles. The van der Waals surface area contributed by atoms with Crippen molar-refractivity contribution in [1.29, 1.82) is 0 Å². The highest BCUT2D eigenvalue weighted by Crippen LogP contribution is 2.31. The van der Waals surface area contributed by atoms with E-state index in [-0.39, 0.29) is 0 Å². The maximum absolute atomic E-state index is 5.87. The van der Waals surface area contributed by atoms with Crippen LogP contribution in [0.2, 0.25) is 5.02 Å². The fraction of sp³-hybridized carbons (Fsp3) is 0.333. The number of fused-ring (bicyclic) bond motifs is 1. The van der Waals surface area contributed by atoms with Crippen LogP contribution >= 0.6 is 34.9 Å². The normalized spacial score (nSPS) is 19.2. The summed E-state index contributed by atoms with van der Waals surface area (Å²) in [6, 6.07) is 7.56. The van der Waals surface area contributed by atoms with E-state index in [0.717, 1.165) is 27.2 Å². The Bertz CT molecular complexity index is 615. The second-order valence-corrected chi connectivity index (χ2v) is 6.53. The Labute approximate surface area is 119 Å². The molecule has 0 radical (unpaired) electrons. The van der Waals surface area contributed by atoms with E-state index in [0.29, 0.717) is 5.25 Å². The van der Waals surface area contributed by atoms with E-state index in [1.165, 1.54) is 18.0 Å². The number of thioether (sulfide) groups is 1. The van der Waals surface area contributed by atoms with Crippen LogP contribution in [0.3, 0.4) is 0 Å². The Kier molecular flexibility index (Phi) is 3.46. The number of aromatic nitrogens is 2. The summed E-state index contributed by atoms with van der Waals surface area (Å²) in [6.45, 7) is 3.23. The van der Waals surface area contributed by atoms with Crippen molar-refractivity contribution in [2.75, 3.05) is 0 Å². The van der Waals surface area contributed by atoms with Gasteiger partial charge in [-0.25, -0.2) is 4.99 Å². The monoisotopic (exact) mass is 297 g/mol. The van der Waals surface area contributed by atoms with Gasteiger partial charge in [0, 0.05) is 28.3 Å². The van der Waals surface area contributed by atoms with Crippen LogP contribution in [0.5, 0.6) is 0 Å². The van der Waals surface area contributed by atoms with Gasteiger partial charge in [0.25, 0.3) is 0 Å². The molecule has 0 N–H and O–H groups in total. The van der Waals surface area contributed by atoms with Crippen LogP contribution in [0.1, 0.15) is 13.3 Å². The van der Waals surface area contributed by atoms with Crippen LogP contribution in [0.4, 0.5) is 5.69 Å². The first-order chi connectivity index (χ1) is 8.76. The van der Waals surface area contributed by atoms with Gasteiger partial charge in [0.05, 0.1) is 5.69 Å². The highest BCUT2D eigenvalue weighted by atomic mass is 35.5. The quantitative estimate of drug-likeness (QED) is 0.846. The highest BCUT2D eigenvalue weighted by molar-refractivity contribution is 8.00. The number of rotatable bonds is 2. The fourth-order valence-electron chi connectivity index (χ4n) is 1.81. The molecule has 0 saturated heterocycles. The molecular weight excluding hydrogens is 286 g/mol. The van der Waals surface area contributed by atoms with E-state index in [2.05, 4.69) is 20.9 Å². The zero-order valence-electron chi connectivity index (χ0n) is 9.84. The van der Waals surface area contributed by atoms with Gasteiger partial charge in [0.15, 0.2) is 5.16 Å². The van der Waals surface area contributed by atoms with Crippen molar-refractivity contribution < 1.29 is 0 Å². The molecule has 94 valence electrons. The van der Waals surface area contributed by atoms with Crippen LogP contribution in [-0.4, -0.2) is 14.2 Å². The van der Waals surface area contributed by atoms with Gasteiger partial charge >= 0.3 is 0 Å². The van der Waals surface area contributed by atoms with Crippen LogP contribution in [0.15, 0.2) is 34.4 Å². The highest BCUT2D eigenvalue weighted by Gasteiger charge is 2.23. The minimum atomic E-state index is 0.639. The Hall–Kier alpha value is -0.780. The summed E-state index contributed by atoms with van der Waals surface area (Å²) in [4.78, 5) is 5.60. The largest absolute Gasteiger partial charge is 0.294 e. The van der Waals surface area contributed by atoms with Crippen molar-refractivity contribution in [2.45, 2.75) is 30.3 Å². The number of hydrogen-bond donors (Lipinski definition) is 0. The van der Waals surface area contributed by atoms with Crippen molar-refractivity contribution in [1.82, 2.24) is 8.94 Å². The molecule has 1 unspecified atom stereocenters. The molecule has 1 atom stereocenters. The molecule has 2 heterocycles. The predicted molar refractivity (Wildman–Crippen MR) is 76.7 cm³/mol. The molecule has 0 fully saturated rings. The van der Waals surface area contributed by atoms with Gasteiger partial charge in [-0.3, -0.25) is 4.57 Å².